The molecule has 1 aromatic heterocycles. The number of halogens is 1. The fraction of sp³-hybridized carbons (Fsp3) is 0.429. The highest BCUT2D eigenvalue weighted by atomic mass is 35.5. The maximum atomic E-state index is 6.15. The molecule has 2 heterocycles. The Balaban J connectivity index is 2.00. The van der Waals surface area contributed by atoms with Crippen LogP contribution in [-0.2, 0) is 0 Å². The van der Waals surface area contributed by atoms with Crippen molar-refractivity contribution >= 4 is 22.6 Å². The summed E-state index contributed by atoms with van der Waals surface area (Å²) in [5.74, 6) is 0. The van der Waals surface area contributed by atoms with Crippen LogP contribution in [0.1, 0.15) is 18.0 Å². The first kappa shape index (κ1) is 12.0. The molecule has 1 fully saturated rings. The summed E-state index contributed by atoms with van der Waals surface area (Å²) in [4.78, 5) is 2.36. The Morgan fingerprint density at radius 1 is 1.44 bits per heavy atom. The number of likely N-dealkylation sites (N-methyl/N-ethyl adjacent to an activating group) is 1. The molecule has 1 unspecified atom stereocenters. The highest BCUT2D eigenvalue weighted by Gasteiger charge is 2.21. The van der Waals surface area contributed by atoms with Gasteiger partial charge in [0.2, 0.25) is 0 Å². The number of rotatable bonds is 1. The lowest BCUT2D eigenvalue weighted by molar-refractivity contribution is 0.326. The lowest BCUT2D eigenvalue weighted by Crippen LogP contribution is -2.28. The number of hydrogen-bond acceptors (Lipinski definition) is 3. The Morgan fingerprint density at radius 3 is 3.22 bits per heavy atom. The molecular weight excluding hydrogens is 248 g/mol. The first-order chi connectivity index (χ1) is 8.75. The smallest absolute Gasteiger partial charge is 0.152 e. The molecule has 0 aliphatic carbocycles. The third-order valence-corrected chi connectivity index (χ3v) is 3.86. The molecule has 1 saturated heterocycles. The van der Waals surface area contributed by atoms with E-state index < -0.39 is 0 Å². The van der Waals surface area contributed by atoms with Gasteiger partial charge < -0.3 is 14.6 Å². The van der Waals surface area contributed by atoms with E-state index in [0.29, 0.717) is 11.1 Å². The molecule has 1 aromatic carbocycles. The average Bonchev–Trinajstić information content (AvgIpc) is 2.67. The van der Waals surface area contributed by atoms with Crippen LogP contribution in [0.25, 0.3) is 11.0 Å². The van der Waals surface area contributed by atoms with Crippen molar-refractivity contribution < 1.29 is 4.42 Å². The van der Waals surface area contributed by atoms with Gasteiger partial charge in [0.1, 0.15) is 0 Å². The van der Waals surface area contributed by atoms with Crippen molar-refractivity contribution in [2.75, 3.05) is 26.7 Å². The number of nitrogens with zero attached hydrogens (tertiary/aromatic N) is 1. The Hall–Kier alpha value is -1.03. The van der Waals surface area contributed by atoms with Gasteiger partial charge in [-0.1, -0.05) is 23.7 Å². The molecule has 0 saturated carbocycles. The summed E-state index contributed by atoms with van der Waals surface area (Å²) in [6, 6.07) is 6.23. The minimum absolute atomic E-state index is 0.317. The van der Waals surface area contributed by atoms with E-state index in [2.05, 4.69) is 23.3 Å². The number of hydrogen-bond donors (Lipinski definition) is 1. The second kappa shape index (κ2) is 4.92. The van der Waals surface area contributed by atoms with Gasteiger partial charge in [0.25, 0.3) is 0 Å². The van der Waals surface area contributed by atoms with Crippen LogP contribution >= 0.6 is 11.6 Å². The molecule has 1 N–H and O–H groups in total. The number of para-hydroxylation sites is 1. The molecular formula is C14H17ClN2O. The molecule has 3 rings (SSSR count). The number of nitrogens with one attached hydrogen (secondary N) is 1. The zero-order chi connectivity index (χ0) is 12.5. The van der Waals surface area contributed by atoms with E-state index in [9.17, 15) is 0 Å². The predicted octanol–water partition coefficient (Wildman–Crippen LogP) is 3.05. The molecule has 1 atom stereocenters. The molecule has 3 nitrogen and oxygen atoms in total. The van der Waals surface area contributed by atoms with E-state index in [4.69, 9.17) is 16.0 Å². The molecule has 0 bridgehead atoms. The van der Waals surface area contributed by atoms with Crippen LogP contribution in [0.5, 0.6) is 0 Å². The summed E-state index contributed by atoms with van der Waals surface area (Å²) in [6.07, 6.45) is 3.02. The zero-order valence-corrected chi connectivity index (χ0v) is 11.2. The topological polar surface area (TPSA) is 28.4 Å². The van der Waals surface area contributed by atoms with Crippen molar-refractivity contribution in [2.45, 2.75) is 12.5 Å². The highest BCUT2D eigenvalue weighted by Crippen LogP contribution is 2.31. The van der Waals surface area contributed by atoms with Gasteiger partial charge in [-0.25, -0.2) is 0 Å². The van der Waals surface area contributed by atoms with Gasteiger partial charge >= 0.3 is 0 Å². The Labute approximate surface area is 112 Å². The van der Waals surface area contributed by atoms with Crippen LogP contribution in [0.15, 0.2) is 28.9 Å². The SMILES string of the molecule is CN1CCCNC(c2coc3c(Cl)cccc23)C1. The van der Waals surface area contributed by atoms with Crippen molar-refractivity contribution in [3.63, 3.8) is 0 Å². The molecule has 1 aliphatic heterocycles. The lowest BCUT2D eigenvalue weighted by atomic mass is 10.1. The molecule has 0 spiro atoms. The van der Waals surface area contributed by atoms with Crippen molar-refractivity contribution in [2.24, 2.45) is 0 Å². The maximum absolute atomic E-state index is 6.15. The van der Waals surface area contributed by atoms with Crippen molar-refractivity contribution in [3.05, 3.63) is 35.0 Å². The van der Waals surface area contributed by atoms with E-state index in [1.807, 2.05) is 18.4 Å². The third-order valence-electron chi connectivity index (χ3n) is 3.56. The number of benzene rings is 1. The minimum Gasteiger partial charge on any atom is -0.462 e. The second-order valence-electron chi connectivity index (χ2n) is 4.93. The van der Waals surface area contributed by atoms with E-state index in [1.165, 1.54) is 12.0 Å². The first-order valence-electron chi connectivity index (χ1n) is 6.33. The monoisotopic (exact) mass is 264 g/mol. The molecule has 4 heteroatoms. The Bertz CT molecular complexity index is 552. The summed E-state index contributed by atoms with van der Waals surface area (Å²) < 4.78 is 5.62. The van der Waals surface area contributed by atoms with E-state index >= 15 is 0 Å². The standard InChI is InChI=1S/C14H17ClN2O/c1-17-7-3-6-16-13(8-17)11-9-18-14-10(11)4-2-5-12(14)15/h2,4-5,9,13,16H,3,6-8H2,1H3. The zero-order valence-electron chi connectivity index (χ0n) is 10.4. The first-order valence-corrected chi connectivity index (χ1v) is 6.71. The van der Waals surface area contributed by atoms with Gasteiger partial charge in [0.15, 0.2) is 5.58 Å². The van der Waals surface area contributed by atoms with Crippen LogP contribution in [-0.4, -0.2) is 31.6 Å². The Morgan fingerprint density at radius 2 is 2.33 bits per heavy atom. The number of fused-ring (bicyclic) bond motifs is 1. The van der Waals surface area contributed by atoms with Gasteiger partial charge in [-0.2, -0.15) is 0 Å². The van der Waals surface area contributed by atoms with E-state index in [0.717, 1.165) is 30.6 Å². The van der Waals surface area contributed by atoms with Crippen LogP contribution < -0.4 is 5.32 Å². The van der Waals surface area contributed by atoms with Gasteiger partial charge in [-0.15, -0.1) is 0 Å². The van der Waals surface area contributed by atoms with Gasteiger partial charge in [0.05, 0.1) is 11.3 Å². The van der Waals surface area contributed by atoms with E-state index in [-0.39, 0.29) is 0 Å². The molecule has 1 aliphatic rings. The van der Waals surface area contributed by atoms with Crippen LogP contribution in [0.3, 0.4) is 0 Å². The minimum atomic E-state index is 0.317. The summed E-state index contributed by atoms with van der Waals surface area (Å²) in [6.45, 7) is 3.18. The van der Waals surface area contributed by atoms with Crippen molar-refractivity contribution in [1.29, 1.82) is 0 Å². The van der Waals surface area contributed by atoms with E-state index in [1.54, 1.807) is 0 Å². The van der Waals surface area contributed by atoms with Gasteiger partial charge in [-0.3, -0.25) is 0 Å². The molecule has 2 aromatic rings. The Kier molecular flexibility index (Phi) is 3.29. The van der Waals surface area contributed by atoms with Crippen LogP contribution in [0, 0.1) is 0 Å². The fourth-order valence-electron chi connectivity index (χ4n) is 2.61. The van der Waals surface area contributed by atoms with Crippen LogP contribution in [0.2, 0.25) is 5.02 Å². The summed E-state index contributed by atoms with van der Waals surface area (Å²) in [5, 5.41) is 5.38. The summed E-state index contributed by atoms with van der Waals surface area (Å²) in [5.41, 5.74) is 2.00. The lowest BCUT2D eigenvalue weighted by Gasteiger charge is -2.19. The van der Waals surface area contributed by atoms with Crippen molar-refractivity contribution in [1.82, 2.24) is 10.2 Å². The summed E-state index contributed by atoms with van der Waals surface area (Å²) in [7, 11) is 2.16. The predicted molar refractivity (Wildman–Crippen MR) is 74.1 cm³/mol. The average molecular weight is 265 g/mol. The van der Waals surface area contributed by atoms with Crippen molar-refractivity contribution in [3.8, 4) is 0 Å². The fourth-order valence-corrected chi connectivity index (χ4v) is 2.83. The second-order valence-corrected chi connectivity index (χ2v) is 5.34. The largest absolute Gasteiger partial charge is 0.462 e. The normalized spacial score (nSPS) is 22.2. The highest BCUT2D eigenvalue weighted by molar-refractivity contribution is 6.34. The molecule has 96 valence electrons. The maximum Gasteiger partial charge on any atom is 0.152 e. The van der Waals surface area contributed by atoms with Gasteiger partial charge in [0, 0.05) is 23.5 Å². The quantitative estimate of drug-likeness (QED) is 0.858. The summed E-state index contributed by atoms with van der Waals surface area (Å²) >= 11 is 6.15. The molecule has 18 heavy (non-hydrogen) atoms. The third kappa shape index (κ3) is 2.14. The molecule has 0 amide bonds. The number of furan rings is 1. The van der Waals surface area contributed by atoms with Gasteiger partial charge in [-0.05, 0) is 32.6 Å². The molecule has 0 radical (unpaired) electrons. The van der Waals surface area contributed by atoms with Crippen LogP contribution in [0.4, 0.5) is 0 Å².